The maximum atomic E-state index is 9.98. The van der Waals surface area contributed by atoms with Crippen LogP contribution in [0.1, 0.15) is 40.0 Å². The van der Waals surface area contributed by atoms with Crippen molar-refractivity contribution in [3.8, 4) is 0 Å². The first-order chi connectivity index (χ1) is 11.8. The third kappa shape index (κ3) is 16.4. The summed E-state index contributed by atoms with van der Waals surface area (Å²) in [6, 6.07) is 0. The van der Waals surface area contributed by atoms with Crippen molar-refractivity contribution >= 4 is 10.4 Å². The normalized spacial score (nSPS) is 11.6. The van der Waals surface area contributed by atoms with Crippen molar-refractivity contribution in [1.82, 2.24) is 0 Å². The average molecular weight is 409 g/mol. The van der Waals surface area contributed by atoms with E-state index >= 15 is 0 Å². The first-order valence-electron chi connectivity index (χ1n) is 7.75. The molecule has 6 N–H and O–H groups in total. The molecule has 0 bridgehead atoms. The Balaban J connectivity index is -0.000000333. The van der Waals surface area contributed by atoms with E-state index in [0.717, 1.165) is 19.3 Å². The van der Waals surface area contributed by atoms with E-state index in [-0.39, 0.29) is 12.0 Å². The zero-order valence-electron chi connectivity index (χ0n) is 15.2. The Labute approximate surface area is 153 Å². The molecule has 0 heterocycles. The zero-order chi connectivity index (χ0) is 21.4. The van der Waals surface area contributed by atoms with Crippen LogP contribution in [0.5, 0.6) is 0 Å². The smallest absolute Gasteiger partial charge is 0.394 e. The summed E-state index contributed by atoms with van der Waals surface area (Å²) in [4.78, 5) is 14.4. The molecule has 0 saturated heterocycles. The summed E-state index contributed by atoms with van der Waals surface area (Å²) in [7, 11) is -4.67. The summed E-state index contributed by atoms with van der Waals surface area (Å²) < 4.78 is 31.6. The fourth-order valence-electron chi connectivity index (χ4n) is 1.55. The second kappa shape index (κ2) is 15.0. The lowest BCUT2D eigenvalue weighted by molar-refractivity contribution is -0.761. The van der Waals surface area contributed by atoms with E-state index in [0.29, 0.717) is 0 Å². The molecule has 0 spiro atoms. The highest BCUT2D eigenvalue weighted by Gasteiger charge is 2.26. The van der Waals surface area contributed by atoms with Gasteiger partial charge in [0.1, 0.15) is 6.61 Å². The van der Waals surface area contributed by atoms with Crippen LogP contribution in [0, 0.1) is 20.9 Å². The lowest BCUT2D eigenvalue weighted by atomic mass is 9.81. The van der Waals surface area contributed by atoms with E-state index in [2.05, 4.69) is 4.84 Å². The van der Waals surface area contributed by atoms with Gasteiger partial charge in [0.15, 0.2) is 0 Å². The van der Waals surface area contributed by atoms with Crippen LogP contribution < -0.4 is 0 Å². The summed E-state index contributed by atoms with van der Waals surface area (Å²) in [5.74, 6) is 0. The van der Waals surface area contributed by atoms with Crippen molar-refractivity contribution in [3.05, 3.63) is 10.1 Å². The van der Waals surface area contributed by atoms with Gasteiger partial charge in [-0.15, -0.1) is 10.1 Å². The number of nitrogens with zero attached hydrogens (tertiary/aromatic N) is 1. The predicted molar refractivity (Wildman–Crippen MR) is 91.2 cm³/mol. The van der Waals surface area contributed by atoms with Crippen molar-refractivity contribution in [3.63, 3.8) is 0 Å². The molecule has 0 amide bonds. The predicted octanol–water partition coefficient (Wildman–Crippen LogP) is -0.300. The minimum Gasteiger partial charge on any atom is -0.396 e. The Morgan fingerprint density at radius 2 is 1.12 bits per heavy atom. The van der Waals surface area contributed by atoms with Crippen molar-refractivity contribution < 1.29 is 47.9 Å². The maximum Gasteiger partial charge on any atom is 0.394 e. The summed E-state index contributed by atoms with van der Waals surface area (Å²) >= 11 is 0. The first kappa shape index (κ1) is 29.7. The number of hydrogen-bond acceptors (Lipinski definition) is 9. The van der Waals surface area contributed by atoms with Crippen LogP contribution in [0.2, 0.25) is 0 Å². The molecule has 0 atom stereocenters. The van der Waals surface area contributed by atoms with E-state index in [1.165, 1.54) is 0 Å². The monoisotopic (exact) mass is 409 g/mol. The Hall–Kier alpha value is -1.09. The van der Waals surface area contributed by atoms with Gasteiger partial charge in [-0.05, 0) is 24.7 Å². The molecule has 0 fully saturated rings. The molecule has 0 aromatic carbocycles. The SMILES string of the molecule is CCC(CC)(CC)CO[N+](=O)[O-].O=S(=O)(O)O.OCC(CO)(CO)CO. The van der Waals surface area contributed by atoms with Crippen LogP contribution in [0.3, 0.4) is 0 Å². The van der Waals surface area contributed by atoms with E-state index in [9.17, 15) is 10.1 Å². The second-order valence-electron chi connectivity index (χ2n) is 5.64. The van der Waals surface area contributed by atoms with E-state index in [1.807, 2.05) is 20.8 Å². The van der Waals surface area contributed by atoms with Gasteiger partial charge in [-0.1, -0.05) is 20.8 Å². The number of aliphatic hydroxyl groups is 4. The fraction of sp³-hybridized carbons (Fsp3) is 1.00. The van der Waals surface area contributed by atoms with E-state index < -0.39 is 47.3 Å². The van der Waals surface area contributed by atoms with Crippen molar-refractivity contribution in [2.75, 3.05) is 33.0 Å². The van der Waals surface area contributed by atoms with Crippen LogP contribution in [0.4, 0.5) is 0 Å². The van der Waals surface area contributed by atoms with Gasteiger partial charge >= 0.3 is 10.4 Å². The van der Waals surface area contributed by atoms with Gasteiger partial charge in [0, 0.05) is 0 Å². The highest BCUT2D eigenvalue weighted by Crippen LogP contribution is 2.30. The fourth-order valence-corrected chi connectivity index (χ4v) is 1.55. The molecular formula is C13H31NO11S. The van der Waals surface area contributed by atoms with Crippen LogP contribution in [0.25, 0.3) is 0 Å². The molecule has 26 heavy (non-hydrogen) atoms. The summed E-state index contributed by atoms with van der Waals surface area (Å²) in [5, 5.41) is 43.3. The molecule has 0 unspecified atom stereocenters. The van der Waals surface area contributed by atoms with Gasteiger partial charge in [-0.25, -0.2) is 0 Å². The molecule has 0 aliphatic carbocycles. The molecular weight excluding hydrogens is 378 g/mol. The highest BCUT2D eigenvalue weighted by molar-refractivity contribution is 7.79. The van der Waals surface area contributed by atoms with Gasteiger partial charge in [0.2, 0.25) is 0 Å². The number of rotatable bonds is 10. The van der Waals surface area contributed by atoms with E-state index in [4.69, 9.17) is 37.9 Å². The maximum absolute atomic E-state index is 9.98. The van der Waals surface area contributed by atoms with Crippen molar-refractivity contribution in [1.29, 1.82) is 0 Å². The average Bonchev–Trinajstić information content (AvgIpc) is 2.58. The molecule has 0 aliphatic heterocycles. The summed E-state index contributed by atoms with van der Waals surface area (Å²) in [5.41, 5.74) is -1.12. The largest absolute Gasteiger partial charge is 0.396 e. The number of aliphatic hydroxyl groups excluding tert-OH is 4. The van der Waals surface area contributed by atoms with Gasteiger partial charge in [-0.3, -0.25) is 9.11 Å². The third-order valence-corrected chi connectivity index (χ3v) is 4.07. The number of hydrogen-bond donors (Lipinski definition) is 6. The Morgan fingerprint density at radius 3 is 1.23 bits per heavy atom. The molecule has 0 radical (unpaired) electrons. The van der Waals surface area contributed by atoms with Crippen LogP contribution in [-0.2, 0) is 15.2 Å². The molecule has 13 heteroatoms. The Morgan fingerprint density at radius 1 is 0.846 bits per heavy atom. The lowest BCUT2D eigenvalue weighted by Gasteiger charge is -2.28. The van der Waals surface area contributed by atoms with Crippen LogP contribution in [-0.4, -0.2) is 76.1 Å². The molecule has 160 valence electrons. The van der Waals surface area contributed by atoms with Gasteiger partial charge < -0.3 is 25.3 Å². The Kier molecular flexibility index (Phi) is 17.1. The minimum atomic E-state index is -4.67. The molecule has 0 saturated carbocycles. The second-order valence-corrected chi connectivity index (χ2v) is 6.53. The first-order valence-corrected chi connectivity index (χ1v) is 9.15. The summed E-state index contributed by atoms with van der Waals surface area (Å²) in [6.45, 7) is 4.71. The van der Waals surface area contributed by atoms with Gasteiger partial charge in [0.25, 0.3) is 5.09 Å². The van der Waals surface area contributed by atoms with Gasteiger partial charge in [-0.2, -0.15) is 8.42 Å². The molecule has 12 nitrogen and oxygen atoms in total. The standard InChI is InChI=1S/C8H17NO3.C5H12O4.H2O4S/c1-4-8(5-2,6-3)7-12-9(10)11;6-1-5(2-7,3-8)4-9;1-5(2,3)4/h4-7H2,1-3H3;6-9H,1-4H2;(H2,1,2,3,4). The van der Waals surface area contributed by atoms with E-state index in [1.54, 1.807) is 0 Å². The van der Waals surface area contributed by atoms with Crippen molar-refractivity contribution in [2.45, 2.75) is 40.0 Å². The highest BCUT2D eigenvalue weighted by atomic mass is 32.3. The van der Waals surface area contributed by atoms with Crippen molar-refractivity contribution in [2.24, 2.45) is 10.8 Å². The topological polar surface area (TPSA) is 208 Å². The van der Waals surface area contributed by atoms with Crippen LogP contribution in [0.15, 0.2) is 0 Å². The molecule has 0 aromatic rings. The molecule has 0 aliphatic rings. The minimum absolute atomic E-state index is 0.00687. The van der Waals surface area contributed by atoms with Gasteiger partial charge in [0.05, 0.1) is 31.8 Å². The third-order valence-electron chi connectivity index (χ3n) is 4.07. The molecule has 0 rings (SSSR count). The Bertz CT molecular complexity index is 413. The zero-order valence-corrected chi connectivity index (χ0v) is 16.1. The lowest BCUT2D eigenvalue weighted by Crippen LogP contribution is -2.37. The van der Waals surface area contributed by atoms with Crippen LogP contribution >= 0.6 is 0 Å². The molecule has 0 aromatic heterocycles. The summed E-state index contributed by atoms with van der Waals surface area (Å²) in [6.07, 6.45) is 2.77. The quantitative estimate of drug-likeness (QED) is 0.157.